The Kier molecular flexibility index (Phi) is 3.62. The highest BCUT2D eigenvalue weighted by molar-refractivity contribution is 5.13. The highest BCUT2D eigenvalue weighted by Crippen LogP contribution is 2.20. The highest BCUT2D eigenvalue weighted by atomic mass is 16.5. The van der Waals surface area contributed by atoms with Crippen molar-refractivity contribution < 1.29 is 4.74 Å². The molecule has 0 atom stereocenters. The summed E-state index contributed by atoms with van der Waals surface area (Å²) in [5.74, 6) is 0.643. The monoisotopic (exact) mass is 235 g/mol. The summed E-state index contributed by atoms with van der Waals surface area (Å²) in [6.45, 7) is 8.44. The lowest BCUT2D eigenvalue weighted by Crippen LogP contribution is -2.34. The van der Waals surface area contributed by atoms with Crippen LogP contribution in [-0.2, 0) is 5.41 Å². The maximum Gasteiger partial charge on any atom is 0.232 e. The fraction of sp³-hybridized carbons (Fsp3) is 0.692. The zero-order valence-electron chi connectivity index (χ0n) is 10.9. The maximum atomic E-state index is 5.81. The molecule has 4 heteroatoms. The van der Waals surface area contributed by atoms with E-state index in [4.69, 9.17) is 4.74 Å². The van der Waals surface area contributed by atoms with E-state index in [2.05, 4.69) is 36.1 Å². The predicted octanol–water partition coefficient (Wildman–Crippen LogP) is 1.90. The SMILES string of the molecule is CC(C)(C)c1cnc(OC2CCNCC2)cn1. The molecule has 0 aromatic carbocycles. The van der Waals surface area contributed by atoms with Crippen molar-refractivity contribution in [2.24, 2.45) is 0 Å². The molecule has 17 heavy (non-hydrogen) atoms. The minimum atomic E-state index is 0.0420. The second-order valence-corrected chi connectivity index (χ2v) is 5.56. The molecule has 0 radical (unpaired) electrons. The average Bonchev–Trinajstić information content (AvgIpc) is 2.30. The van der Waals surface area contributed by atoms with Crippen LogP contribution in [0.5, 0.6) is 5.88 Å². The minimum absolute atomic E-state index is 0.0420. The molecule has 2 heterocycles. The van der Waals surface area contributed by atoms with Gasteiger partial charge in [0, 0.05) is 5.41 Å². The Hall–Kier alpha value is -1.16. The summed E-state index contributed by atoms with van der Waals surface area (Å²) in [6.07, 6.45) is 5.93. The van der Waals surface area contributed by atoms with Crippen molar-refractivity contribution >= 4 is 0 Å². The third kappa shape index (κ3) is 3.40. The van der Waals surface area contributed by atoms with Crippen molar-refractivity contribution in [2.75, 3.05) is 13.1 Å². The van der Waals surface area contributed by atoms with E-state index in [0.717, 1.165) is 31.6 Å². The highest BCUT2D eigenvalue weighted by Gasteiger charge is 2.18. The molecule has 1 aliphatic rings. The summed E-state index contributed by atoms with van der Waals surface area (Å²) in [7, 11) is 0. The van der Waals surface area contributed by atoms with E-state index in [1.807, 2.05) is 6.20 Å². The molecule has 94 valence electrons. The maximum absolute atomic E-state index is 5.81. The molecule has 1 aromatic heterocycles. The summed E-state index contributed by atoms with van der Waals surface area (Å²) in [4.78, 5) is 8.75. The second kappa shape index (κ2) is 5.00. The summed E-state index contributed by atoms with van der Waals surface area (Å²) in [5.41, 5.74) is 1.04. The van der Waals surface area contributed by atoms with Crippen LogP contribution in [0.4, 0.5) is 0 Å². The number of nitrogens with one attached hydrogen (secondary N) is 1. The standard InChI is InChI=1S/C13H21N3O/c1-13(2,3)11-8-16-12(9-15-11)17-10-4-6-14-7-5-10/h8-10,14H,4-7H2,1-3H3. The van der Waals surface area contributed by atoms with E-state index in [1.165, 1.54) is 0 Å². The summed E-state index contributed by atoms with van der Waals surface area (Å²) in [5, 5.41) is 3.31. The molecule has 1 fully saturated rings. The van der Waals surface area contributed by atoms with Crippen molar-refractivity contribution in [1.29, 1.82) is 0 Å². The van der Waals surface area contributed by atoms with Gasteiger partial charge in [0.05, 0.1) is 18.1 Å². The number of rotatable bonds is 2. The molecule has 0 saturated carbocycles. The van der Waals surface area contributed by atoms with Gasteiger partial charge in [0.2, 0.25) is 5.88 Å². The van der Waals surface area contributed by atoms with Crippen LogP contribution in [0.3, 0.4) is 0 Å². The lowest BCUT2D eigenvalue weighted by Gasteiger charge is -2.23. The molecule has 1 aliphatic heterocycles. The fourth-order valence-corrected chi connectivity index (χ4v) is 1.85. The molecule has 1 aromatic rings. The van der Waals surface area contributed by atoms with E-state index in [-0.39, 0.29) is 11.5 Å². The molecule has 0 spiro atoms. The molecule has 2 rings (SSSR count). The molecule has 0 unspecified atom stereocenters. The van der Waals surface area contributed by atoms with Crippen molar-refractivity contribution in [1.82, 2.24) is 15.3 Å². The molecule has 1 N–H and O–H groups in total. The Morgan fingerprint density at radius 3 is 2.41 bits per heavy atom. The Morgan fingerprint density at radius 2 is 1.88 bits per heavy atom. The fourth-order valence-electron chi connectivity index (χ4n) is 1.85. The van der Waals surface area contributed by atoms with Gasteiger partial charge < -0.3 is 10.1 Å². The number of piperidine rings is 1. The Morgan fingerprint density at radius 1 is 1.18 bits per heavy atom. The molecule has 4 nitrogen and oxygen atoms in total. The van der Waals surface area contributed by atoms with E-state index in [0.29, 0.717) is 5.88 Å². The van der Waals surface area contributed by atoms with Crippen LogP contribution < -0.4 is 10.1 Å². The van der Waals surface area contributed by atoms with Gasteiger partial charge in [0.15, 0.2) is 0 Å². The summed E-state index contributed by atoms with van der Waals surface area (Å²) in [6, 6.07) is 0. The van der Waals surface area contributed by atoms with Crippen LogP contribution in [0.25, 0.3) is 0 Å². The normalized spacial score (nSPS) is 18.1. The Balaban J connectivity index is 1.98. The molecule has 1 saturated heterocycles. The van der Waals surface area contributed by atoms with Crippen molar-refractivity contribution in [3.05, 3.63) is 18.1 Å². The largest absolute Gasteiger partial charge is 0.473 e. The average molecular weight is 235 g/mol. The first-order valence-corrected chi connectivity index (χ1v) is 6.25. The van der Waals surface area contributed by atoms with Crippen LogP contribution >= 0.6 is 0 Å². The zero-order valence-corrected chi connectivity index (χ0v) is 10.9. The quantitative estimate of drug-likeness (QED) is 0.850. The summed E-state index contributed by atoms with van der Waals surface area (Å²) >= 11 is 0. The third-order valence-electron chi connectivity index (χ3n) is 2.97. The van der Waals surface area contributed by atoms with Gasteiger partial charge in [-0.3, -0.25) is 4.98 Å². The number of hydrogen-bond acceptors (Lipinski definition) is 4. The number of ether oxygens (including phenoxy) is 1. The van der Waals surface area contributed by atoms with E-state index in [1.54, 1.807) is 6.20 Å². The van der Waals surface area contributed by atoms with Crippen LogP contribution in [-0.4, -0.2) is 29.2 Å². The van der Waals surface area contributed by atoms with Crippen LogP contribution in [0, 0.1) is 0 Å². The minimum Gasteiger partial charge on any atom is -0.473 e. The van der Waals surface area contributed by atoms with Gasteiger partial charge in [0.1, 0.15) is 6.10 Å². The van der Waals surface area contributed by atoms with Gasteiger partial charge in [-0.05, 0) is 25.9 Å². The lowest BCUT2D eigenvalue weighted by molar-refractivity contribution is 0.155. The Labute approximate surface area is 103 Å². The van der Waals surface area contributed by atoms with Crippen molar-refractivity contribution in [3.63, 3.8) is 0 Å². The zero-order chi connectivity index (χ0) is 12.3. The van der Waals surface area contributed by atoms with Gasteiger partial charge in [-0.1, -0.05) is 20.8 Å². The first-order chi connectivity index (χ1) is 8.05. The van der Waals surface area contributed by atoms with E-state index in [9.17, 15) is 0 Å². The first-order valence-electron chi connectivity index (χ1n) is 6.25. The molecular weight excluding hydrogens is 214 g/mol. The van der Waals surface area contributed by atoms with Gasteiger partial charge in [-0.15, -0.1) is 0 Å². The lowest BCUT2D eigenvalue weighted by atomic mass is 9.93. The van der Waals surface area contributed by atoms with Crippen LogP contribution in [0.2, 0.25) is 0 Å². The second-order valence-electron chi connectivity index (χ2n) is 5.56. The van der Waals surface area contributed by atoms with Gasteiger partial charge in [0.25, 0.3) is 0 Å². The van der Waals surface area contributed by atoms with E-state index >= 15 is 0 Å². The first kappa shape index (κ1) is 12.3. The van der Waals surface area contributed by atoms with Crippen LogP contribution in [0.15, 0.2) is 12.4 Å². The number of aromatic nitrogens is 2. The van der Waals surface area contributed by atoms with Gasteiger partial charge >= 0.3 is 0 Å². The van der Waals surface area contributed by atoms with Gasteiger partial charge in [-0.2, -0.15) is 0 Å². The number of nitrogens with zero attached hydrogens (tertiary/aromatic N) is 2. The molecule has 0 bridgehead atoms. The van der Waals surface area contributed by atoms with Gasteiger partial charge in [-0.25, -0.2) is 4.98 Å². The van der Waals surface area contributed by atoms with Crippen molar-refractivity contribution in [3.8, 4) is 5.88 Å². The summed E-state index contributed by atoms with van der Waals surface area (Å²) < 4.78 is 5.81. The smallest absolute Gasteiger partial charge is 0.232 e. The molecular formula is C13H21N3O. The Bertz CT molecular complexity index is 350. The van der Waals surface area contributed by atoms with Crippen molar-refractivity contribution in [2.45, 2.75) is 45.1 Å². The van der Waals surface area contributed by atoms with E-state index < -0.39 is 0 Å². The topological polar surface area (TPSA) is 47.0 Å². The molecule has 0 amide bonds. The predicted molar refractivity (Wildman–Crippen MR) is 67.3 cm³/mol. The van der Waals surface area contributed by atoms with Crippen LogP contribution in [0.1, 0.15) is 39.3 Å². The third-order valence-corrected chi connectivity index (χ3v) is 2.97. The molecule has 0 aliphatic carbocycles. The number of hydrogen-bond donors (Lipinski definition) is 1.